The van der Waals surface area contributed by atoms with Crippen LogP contribution < -0.4 is 5.32 Å². The molecule has 0 spiro atoms. The summed E-state index contributed by atoms with van der Waals surface area (Å²) in [6.07, 6.45) is 0.754. The van der Waals surface area contributed by atoms with Crippen molar-refractivity contribution in [3.05, 3.63) is 66.0 Å². The lowest BCUT2D eigenvalue weighted by Gasteiger charge is -2.14. The van der Waals surface area contributed by atoms with Crippen LogP contribution in [0.25, 0.3) is 0 Å². The Bertz CT molecular complexity index is 571. The van der Waals surface area contributed by atoms with Gasteiger partial charge in [0, 0.05) is 11.4 Å². The van der Waals surface area contributed by atoms with Crippen LogP contribution in [0.1, 0.15) is 18.9 Å². The number of hydrogen-bond donors (Lipinski definition) is 1. The zero-order chi connectivity index (χ0) is 15.1. The fraction of sp³-hybridized carbons (Fsp3) is 0.235. The quantitative estimate of drug-likeness (QED) is 0.852. The summed E-state index contributed by atoms with van der Waals surface area (Å²) in [6, 6.07) is 15.9. The van der Waals surface area contributed by atoms with Crippen LogP contribution in [0.5, 0.6) is 0 Å². The molecule has 1 amide bonds. The molecule has 2 aromatic rings. The summed E-state index contributed by atoms with van der Waals surface area (Å²) >= 11 is 1.62. The monoisotopic (exact) mass is 303 g/mol. The number of nitrogens with one attached hydrogen (secondary N) is 1. The van der Waals surface area contributed by atoms with E-state index in [1.54, 1.807) is 23.9 Å². The number of benzene rings is 2. The predicted molar refractivity (Wildman–Crippen MR) is 86.8 cm³/mol. The SMILES string of the molecule is CCC(SCc1ccccc1)C(=O)Nc1ccc(F)cc1. The van der Waals surface area contributed by atoms with Crippen molar-refractivity contribution in [3.63, 3.8) is 0 Å². The molecule has 2 rings (SSSR count). The first-order chi connectivity index (χ1) is 10.2. The lowest BCUT2D eigenvalue weighted by Crippen LogP contribution is -2.24. The molecule has 0 fully saturated rings. The van der Waals surface area contributed by atoms with Crippen LogP contribution in [0, 0.1) is 5.82 Å². The third kappa shape index (κ3) is 4.90. The van der Waals surface area contributed by atoms with Gasteiger partial charge in [0.05, 0.1) is 5.25 Å². The number of hydrogen-bond acceptors (Lipinski definition) is 2. The highest BCUT2D eigenvalue weighted by molar-refractivity contribution is 7.99. The highest BCUT2D eigenvalue weighted by atomic mass is 32.2. The molecule has 0 saturated heterocycles. The molecule has 1 N–H and O–H groups in total. The molecule has 0 aliphatic rings. The third-order valence-corrected chi connectivity index (χ3v) is 4.52. The Labute approximate surface area is 128 Å². The van der Waals surface area contributed by atoms with Gasteiger partial charge in [-0.05, 0) is 36.2 Å². The van der Waals surface area contributed by atoms with E-state index < -0.39 is 0 Å². The van der Waals surface area contributed by atoms with Crippen LogP contribution in [-0.2, 0) is 10.5 Å². The molecule has 0 heterocycles. The van der Waals surface area contributed by atoms with Crippen LogP contribution in [0.2, 0.25) is 0 Å². The maximum absolute atomic E-state index is 12.8. The molecule has 0 bridgehead atoms. The van der Waals surface area contributed by atoms with Gasteiger partial charge < -0.3 is 5.32 Å². The molecule has 1 atom stereocenters. The predicted octanol–water partition coefficient (Wildman–Crippen LogP) is 4.48. The Hall–Kier alpha value is -1.81. The fourth-order valence-electron chi connectivity index (χ4n) is 1.91. The van der Waals surface area contributed by atoms with Gasteiger partial charge in [0.15, 0.2) is 0 Å². The molecule has 110 valence electrons. The van der Waals surface area contributed by atoms with Gasteiger partial charge in [-0.25, -0.2) is 4.39 Å². The van der Waals surface area contributed by atoms with E-state index in [2.05, 4.69) is 17.4 Å². The smallest absolute Gasteiger partial charge is 0.237 e. The van der Waals surface area contributed by atoms with Crippen molar-refractivity contribution in [2.75, 3.05) is 5.32 Å². The summed E-state index contributed by atoms with van der Waals surface area (Å²) in [6.45, 7) is 1.99. The molecular weight excluding hydrogens is 285 g/mol. The van der Waals surface area contributed by atoms with Gasteiger partial charge in [-0.3, -0.25) is 4.79 Å². The van der Waals surface area contributed by atoms with Crippen molar-refractivity contribution in [2.45, 2.75) is 24.3 Å². The van der Waals surface area contributed by atoms with Gasteiger partial charge in [-0.15, -0.1) is 11.8 Å². The molecule has 21 heavy (non-hydrogen) atoms. The Morgan fingerprint density at radius 1 is 1.14 bits per heavy atom. The number of anilines is 1. The summed E-state index contributed by atoms with van der Waals surface area (Å²) < 4.78 is 12.8. The largest absolute Gasteiger partial charge is 0.325 e. The first-order valence-electron chi connectivity index (χ1n) is 6.91. The third-order valence-electron chi connectivity index (χ3n) is 3.07. The van der Waals surface area contributed by atoms with Gasteiger partial charge in [0.1, 0.15) is 5.82 Å². The summed E-state index contributed by atoms with van der Waals surface area (Å²) in [7, 11) is 0. The first-order valence-corrected chi connectivity index (χ1v) is 7.96. The molecule has 0 aliphatic carbocycles. The van der Waals surface area contributed by atoms with Crippen molar-refractivity contribution in [3.8, 4) is 0 Å². The Morgan fingerprint density at radius 2 is 1.81 bits per heavy atom. The van der Waals surface area contributed by atoms with Gasteiger partial charge in [0.2, 0.25) is 5.91 Å². The van der Waals surface area contributed by atoms with Gasteiger partial charge >= 0.3 is 0 Å². The van der Waals surface area contributed by atoms with E-state index in [1.807, 2.05) is 25.1 Å². The average Bonchev–Trinajstić information content (AvgIpc) is 2.51. The number of halogens is 1. The van der Waals surface area contributed by atoms with E-state index in [1.165, 1.54) is 17.7 Å². The second kappa shape index (κ2) is 7.84. The molecular formula is C17H18FNOS. The van der Waals surface area contributed by atoms with Crippen molar-refractivity contribution in [1.82, 2.24) is 0 Å². The lowest BCUT2D eigenvalue weighted by molar-refractivity contribution is -0.115. The number of rotatable bonds is 6. The molecule has 1 unspecified atom stereocenters. The van der Waals surface area contributed by atoms with E-state index in [-0.39, 0.29) is 17.0 Å². The molecule has 0 radical (unpaired) electrons. The number of thioether (sulfide) groups is 1. The zero-order valence-electron chi connectivity index (χ0n) is 11.9. The normalized spacial score (nSPS) is 11.9. The number of amides is 1. The maximum atomic E-state index is 12.8. The van der Waals surface area contributed by atoms with Crippen LogP contribution in [-0.4, -0.2) is 11.2 Å². The molecule has 2 nitrogen and oxygen atoms in total. The summed E-state index contributed by atoms with van der Waals surface area (Å²) in [5.74, 6) is 0.458. The first kappa shape index (κ1) is 15.6. The zero-order valence-corrected chi connectivity index (χ0v) is 12.7. The van der Waals surface area contributed by atoms with Gasteiger partial charge in [0.25, 0.3) is 0 Å². The van der Waals surface area contributed by atoms with Crippen molar-refractivity contribution in [1.29, 1.82) is 0 Å². The molecule has 0 aliphatic heterocycles. The molecule has 0 aromatic heterocycles. The standard InChI is InChI=1S/C17H18FNOS/c1-2-16(21-12-13-6-4-3-5-7-13)17(20)19-15-10-8-14(18)9-11-15/h3-11,16H,2,12H2,1H3,(H,19,20). The maximum Gasteiger partial charge on any atom is 0.237 e. The van der Waals surface area contributed by atoms with Crippen molar-refractivity contribution < 1.29 is 9.18 Å². The van der Waals surface area contributed by atoms with Crippen LogP contribution in [0.3, 0.4) is 0 Å². The minimum absolute atomic E-state index is 0.0370. The summed E-state index contributed by atoms with van der Waals surface area (Å²) in [4.78, 5) is 12.2. The number of carbonyl (C=O) groups excluding carboxylic acids is 1. The van der Waals surface area contributed by atoms with Crippen molar-refractivity contribution >= 4 is 23.4 Å². The Morgan fingerprint density at radius 3 is 2.43 bits per heavy atom. The van der Waals surface area contributed by atoms with Gasteiger partial charge in [-0.2, -0.15) is 0 Å². The summed E-state index contributed by atoms with van der Waals surface area (Å²) in [5.41, 5.74) is 1.83. The molecule has 0 saturated carbocycles. The highest BCUT2D eigenvalue weighted by Crippen LogP contribution is 2.22. The minimum Gasteiger partial charge on any atom is -0.325 e. The van der Waals surface area contributed by atoms with E-state index in [4.69, 9.17) is 0 Å². The molecule has 2 aromatic carbocycles. The molecule has 4 heteroatoms. The second-order valence-electron chi connectivity index (χ2n) is 4.69. The van der Waals surface area contributed by atoms with Crippen LogP contribution in [0.4, 0.5) is 10.1 Å². The number of carbonyl (C=O) groups is 1. The van der Waals surface area contributed by atoms with E-state index in [9.17, 15) is 9.18 Å². The van der Waals surface area contributed by atoms with E-state index in [0.717, 1.165) is 12.2 Å². The van der Waals surface area contributed by atoms with Crippen molar-refractivity contribution in [2.24, 2.45) is 0 Å². The van der Waals surface area contributed by atoms with E-state index in [0.29, 0.717) is 5.69 Å². The van der Waals surface area contributed by atoms with Gasteiger partial charge in [-0.1, -0.05) is 37.3 Å². The Balaban J connectivity index is 1.90. The second-order valence-corrected chi connectivity index (χ2v) is 5.88. The van der Waals surface area contributed by atoms with E-state index >= 15 is 0 Å². The highest BCUT2D eigenvalue weighted by Gasteiger charge is 2.17. The van der Waals surface area contributed by atoms with Crippen LogP contribution >= 0.6 is 11.8 Å². The minimum atomic E-state index is -0.307. The van der Waals surface area contributed by atoms with Crippen LogP contribution in [0.15, 0.2) is 54.6 Å². The fourth-order valence-corrected chi connectivity index (χ4v) is 2.94. The average molecular weight is 303 g/mol. The summed E-state index contributed by atoms with van der Waals surface area (Å²) in [5, 5.41) is 2.71. The topological polar surface area (TPSA) is 29.1 Å². The lowest BCUT2D eigenvalue weighted by atomic mass is 10.2. The Kier molecular flexibility index (Phi) is 5.81.